The highest BCUT2D eigenvalue weighted by molar-refractivity contribution is 7.99. The molecule has 92 valence electrons. The SMILES string of the molecule is Cc1ccc(Sc2ccc(C(N)=O)cc2N)cc1. The van der Waals surface area contributed by atoms with Crippen LogP contribution < -0.4 is 11.5 Å². The van der Waals surface area contributed by atoms with Crippen LogP contribution in [0.5, 0.6) is 0 Å². The van der Waals surface area contributed by atoms with Gasteiger partial charge in [-0.25, -0.2) is 0 Å². The van der Waals surface area contributed by atoms with E-state index in [9.17, 15) is 4.79 Å². The monoisotopic (exact) mass is 258 g/mol. The van der Waals surface area contributed by atoms with Crippen molar-refractivity contribution in [1.82, 2.24) is 0 Å². The van der Waals surface area contributed by atoms with E-state index in [1.165, 1.54) is 5.56 Å². The molecule has 0 saturated carbocycles. The van der Waals surface area contributed by atoms with Crippen LogP contribution in [0.2, 0.25) is 0 Å². The van der Waals surface area contributed by atoms with Crippen molar-refractivity contribution >= 4 is 23.4 Å². The summed E-state index contributed by atoms with van der Waals surface area (Å²) in [5.74, 6) is -0.464. The van der Waals surface area contributed by atoms with Gasteiger partial charge >= 0.3 is 0 Å². The highest BCUT2D eigenvalue weighted by atomic mass is 32.2. The Labute approximate surface area is 110 Å². The Bertz CT molecular complexity index is 579. The van der Waals surface area contributed by atoms with E-state index >= 15 is 0 Å². The van der Waals surface area contributed by atoms with Crippen molar-refractivity contribution in [2.45, 2.75) is 16.7 Å². The van der Waals surface area contributed by atoms with Crippen LogP contribution in [0.4, 0.5) is 5.69 Å². The zero-order chi connectivity index (χ0) is 13.1. The van der Waals surface area contributed by atoms with Gasteiger partial charge in [-0.2, -0.15) is 0 Å². The lowest BCUT2D eigenvalue weighted by Gasteiger charge is -2.07. The largest absolute Gasteiger partial charge is 0.398 e. The first-order valence-electron chi connectivity index (χ1n) is 5.50. The summed E-state index contributed by atoms with van der Waals surface area (Å²) < 4.78 is 0. The number of primary amides is 1. The lowest BCUT2D eigenvalue weighted by atomic mass is 10.2. The van der Waals surface area contributed by atoms with Crippen molar-refractivity contribution < 1.29 is 4.79 Å². The molecular formula is C14H14N2OS. The second-order valence-corrected chi connectivity index (χ2v) is 5.15. The minimum absolute atomic E-state index is 0.431. The fourth-order valence-electron chi connectivity index (χ4n) is 1.53. The first-order chi connectivity index (χ1) is 8.56. The highest BCUT2D eigenvalue weighted by Crippen LogP contribution is 2.32. The fourth-order valence-corrected chi connectivity index (χ4v) is 2.37. The maximum atomic E-state index is 11.0. The molecule has 0 fully saturated rings. The zero-order valence-electron chi connectivity index (χ0n) is 10.0. The quantitative estimate of drug-likeness (QED) is 0.832. The normalized spacial score (nSPS) is 10.3. The van der Waals surface area contributed by atoms with E-state index in [-0.39, 0.29) is 0 Å². The van der Waals surface area contributed by atoms with Crippen molar-refractivity contribution in [2.75, 3.05) is 5.73 Å². The van der Waals surface area contributed by atoms with E-state index in [0.717, 1.165) is 9.79 Å². The number of nitrogens with two attached hydrogens (primary N) is 2. The van der Waals surface area contributed by atoms with Crippen LogP contribution in [0.15, 0.2) is 52.3 Å². The van der Waals surface area contributed by atoms with Crippen molar-refractivity contribution in [3.8, 4) is 0 Å². The van der Waals surface area contributed by atoms with Crippen LogP contribution in [-0.2, 0) is 0 Å². The molecule has 0 radical (unpaired) electrons. The predicted molar refractivity (Wildman–Crippen MR) is 74.7 cm³/mol. The Morgan fingerprint density at radius 3 is 2.33 bits per heavy atom. The van der Waals surface area contributed by atoms with Gasteiger partial charge in [-0.1, -0.05) is 29.5 Å². The van der Waals surface area contributed by atoms with Gasteiger partial charge in [0.2, 0.25) is 5.91 Å². The molecule has 0 aliphatic carbocycles. The van der Waals surface area contributed by atoms with Gasteiger partial charge in [-0.3, -0.25) is 4.79 Å². The molecule has 2 rings (SSSR count). The van der Waals surface area contributed by atoms with Crippen LogP contribution in [-0.4, -0.2) is 5.91 Å². The molecule has 4 N–H and O–H groups in total. The van der Waals surface area contributed by atoms with Gasteiger partial charge in [-0.15, -0.1) is 0 Å². The Morgan fingerprint density at radius 2 is 1.78 bits per heavy atom. The second-order valence-electron chi connectivity index (χ2n) is 4.03. The van der Waals surface area contributed by atoms with Gasteiger partial charge in [-0.05, 0) is 37.3 Å². The number of rotatable bonds is 3. The maximum Gasteiger partial charge on any atom is 0.248 e. The van der Waals surface area contributed by atoms with E-state index in [1.54, 1.807) is 23.9 Å². The third kappa shape index (κ3) is 2.84. The van der Waals surface area contributed by atoms with E-state index in [0.29, 0.717) is 11.3 Å². The molecule has 4 heteroatoms. The molecule has 18 heavy (non-hydrogen) atoms. The minimum atomic E-state index is -0.464. The summed E-state index contributed by atoms with van der Waals surface area (Å²) >= 11 is 1.57. The Morgan fingerprint density at radius 1 is 1.11 bits per heavy atom. The minimum Gasteiger partial charge on any atom is -0.398 e. The lowest BCUT2D eigenvalue weighted by molar-refractivity contribution is 0.100. The number of carbonyl (C=O) groups is 1. The molecule has 1 amide bonds. The Hall–Kier alpha value is -1.94. The third-order valence-electron chi connectivity index (χ3n) is 2.54. The van der Waals surface area contributed by atoms with Gasteiger partial charge in [0.15, 0.2) is 0 Å². The fraction of sp³-hybridized carbons (Fsp3) is 0.0714. The summed E-state index contributed by atoms with van der Waals surface area (Å²) in [7, 11) is 0. The van der Waals surface area contributed by atoms with Crippen LogP contribution >= 0.6 is 11.8 Å². The molecule has 0 aromatic heterocycles. The zero-order valence-corrected chi connectivity index (χ0v) is 10.8. The molecule has 0 atom stereocenters. The molecule has 0 aliphatic rings. The smallest absolute Gasteiger partial charge is 0.248 e. The first-order valence-corrected chi connectivity index (χ1v) is 6.32. The van der Waals surface area contributed by atoms with Crippen LogP contribution in [0.25, 0.3) is 0 Å². The Balaban J connectivity index is 2.24. The average molecular weight is 258 g/mol. The van der Waals surface area contributed by atoms with Gasteiger partial charge < -0.3 is 11.5 Å². The van der Waals surface area contributed by atoms with E-state index in [4.69, 9.17) is 11.5 Å². The average Bonchev–Trinajstić information content (AvgIpc) is 2.34. The first kappa shape index (κ1) is 12.5. The van der Waals surface area contributed by atoms with E-state index in [2.05, 4.69) is 12.1 Å². The number of aryl methyl sites for hydroxylation is 1. The molecule has 0 bridgehead atoms. The molecule has 3 nitrogen and oxygen atoms in total. The van der Waals surface area contributed by atoms with E-state index < -0.39 is 5.91 Å². The molecule has 0 heterocycles. The summed E-state index contributed by atoms with van der Waals surface area (Å²) in [5.41, 5.74) is 13.3. The summed E-state index contributed by atoms with van der Waals surface area (Å²) in [6.45, 7) is 2.05. The second kappa shape index (κ2) is 5.14. The van der Waals surface area contributed by atoms with Crippen LogP contribution in [0.3, 0.4) is 0 Å². The van der Waals surface area contributed by atoms with Gasteiger partial charge in [0.1, 0.15) is 0 Å². The van der Waals surface area contributed by atoms with Crippen molar-refractivity contribution in [3.63, 3.8) is 0 Å². The molecular weight excluding hydrogens is 244 g/mol. The number of anilines is 1. The Kier molecular flexibility index (Phi) is 3.58. The van der Waals surface area contributed by atoms with Crippen LogP contribution in [0, 0.1) is 6.92 Å². The molecule has 2 aromatic carbocycles. The van der Waals surface area contributed by atoms with E-state index in [1.807, 2.05) is 25.1 Å². The van der Waals surface area contributed by atoms with Gasteiger partial charge in [0.05, 0.1) is 0 Å². The number of carbonyl (C=O) groups excluding carboxylic acids is 1. The summed E-state index contributed by atoms with van der Waals surface area (Å²) in [6.07, 6.45) is 0. The van der Waals surface area contributed by atoms with Crippen molar-refractivity contribution in [2.24, 2.45) is 5.73 Å². The lowest BCUT2D eigenvalue weighted by Crippen LogP contribution is -2.11. The summed E-state index contributed by atoms with van der Waals surface area (Å²) in [6, 6.07) is 13.3. The summed E-state index contributed by atoms with van der Waals surface area (Å²) in [5, 5.41) is 0. The van der Waals surface area contributed by atoms with Crippen molar-refractivity contribution in [3.05, 3.63) is 53.6 Å². The molecule has 0 saturated heterocycles. The maximum absolute atomic E-state index is 11.0. The topological polar surface area (TPSA) is 69.1 Å². The number of nitrogen functional groups attached to an aromatic ring is 1. The van der Waals surface area contributed by atoms with Gasteiger partial charge in [0, 0.05) is 21.0 Å². The molecule has 0 unspecified atom stereocenters. The highest BCUT2D eigenvalue weighted by Gasteiger charge is 2.06. The van der Waals surface area contributed by atoms with Crippen LogP contribution in [0.1, 0.15) is 15.9 Å². The number of amides is 1. The third-order valence-corrected chi connectivity index (χ3v) is 3.64. The predicted octanol–water partition coefficient (Wildman–Crippen LogP) is 2.83. The molecule has 2 aromatic rings. The number of hydrogen-bond donors (Lipinski definition) is 2. The standard InChI is InChI=1S/C14H14N2OS/c1-9-2-5-11(6-3-9)18-13-7-4-10(14(16)17)8-12(13)15/h2-8H,15H2,1H3,(H2,16,17). The van der Waals surface area contributed by atoms with Gasteiger partial charge in [0.25, 0.3) is 0 Å². The number of hydrogen-bond acceptors (Lipinski definition) is 3. The van der Waals surface area contributed by atoms with Crippen molar-refractivity contribution in [1.29, 1.82) is 0 Å². The molecule has 0 spiro atoms. The summed E-state index contributed by atoms with van der Waals surface area (Å²) in [4.78, 5) is 13.1. The number of benzene rings is 2. The molecule has 0 aliphatic heterocycles.